The maximum atomic E-state index is 13.8. The quantitative estimate of drug-likeness (QED) is 0.415. The first-order valence-electron chi connectivity index (χ1n) is 13.2. The normalized spacial score (nSPS) is 17.7. The highest BCUT2D eigenvalue weighted by molar-refractivity contribution is 6.02. The first kappa shape index (κ1) is 24.2. The van der Waals surface area contributed by atoms with E-state index >= 15 is 0 Å². The van der Waals surface area contributed by atoms with Crippen LogP contribution in [0.5, 0.6) is 5.75 Å². The molecule has 0 spiro atoms. The zero-order valence-corrected chi connectivity index (χ0v) is 21.8. The summed E-state index contributed by atoms with van der Waals surface area (Å²) in [4.78, 5) is 36.6. The van der Waals surface area contributed by atoms with Gasteiger partial charge in [-0.2, -0.15) is 0 Å². The molecule has 2 aliphatic rings. The second-order valence-corrected chi connectivity index (χ2v) is 10.1. The van der Waals surface area contributed by atoms with Crippen molar-refractivity contribution in [3.05, 3.63) is 89.5 Å². The van der Waals surface area contributed by atoms with Gasteiger partial charge in [-0.3, -0.25) is 9.59 Å². The highest BCUT2D eigenvalue weighted by Crippen LogP contribution is 2.45. The molecule has 6 rings (SSSR count). The number of piperazine rings is 1. The molecule has 2 amide bonds. The molecule has 1 atom stereocenters. The SMILES string of the molecule is COc1cccc(-c2[nH]c3ccccc3c2[C@@H]2c3ccccc3C(=O)N2CCC(=O)N2CCN(C)CC2)c1. The standard InChI is InChI=1S/C31H32N4O3/c1-33-16-18-34(19-17-33)27(36)14-15-35-30(23-10-3-4-11-24(23)31(35)37)28-25-12-5-6-13-26(25)32-29(28)21-8-7-9-22(20-21)38-2/h3-13,20,30,32H,14-19H2,1-2H3/t30-/m0/s1. The molecule has 7 nitrogen and oxygen atoms in total. The molecule has 1 N–H and O–H groups in total. The molecule has 0 unspecified atom stereocenters. The minimum Gasteiger partial charge on any atom is -0.497 e. The predicted molar refractivity (Wildman–Crippen MR) is 148 cm³/mol. The van der Waals surface area contributed by atoms with Gasteiger partial charge in [0.15, 0.2) is 0 Å². The number of nitrogens with zero attached hydrogens (tertiary/aromatic N) is 3. The zero-order chi connectivity index (χ0) is 26.2. The molecule has 2 aliphatic heterocycles. The van der Waals surface area contributed by atoms with Gasteiger partial charge in [0, 0.05) is 66.7 Å². The number of ether oxygens (including phenoxy) is 1. The van der Waals surface area contributed by atoms with Crippen molar-refractivity contribution in [2.24, 2.45) is 0 Å². The summed E-state index contributed by atoms with van der Waals surface area (Å²) in [5, 5.41) is 1.07. The Labute approximate surface area is 222 Å². The monoisotopic (exact) mass is 508 g/mol. The molecule has 1 saturated heterocycles. The second kappa shape index (κ2) is 9.99. The molecule has 3 aromatic carbocycles. The summed E-state index contributed by atoms with van der Waals surface area (Å²) in [6.45, 7) is 3.58. The number of fused-ring (bicyclic) bond motifs is 2. The number of benzene rings is 3. The van der Waals surface area contributed by atoms with Crippen molar-refractivity contribution in [2.45, 2.75) is 12.5 Å². The van der Waals surface area contributed by atoms with Crippen LogP contribution in [0.1, 0.15) is 33.9 Å². The van der Waals surface area contributed by atoms with Crippen molar-refractivity contribution in [3.8, 4) is 17.0 Å². The molecule has 7 heteroatoms. The number of aromatic amines is 1. The first-order chi connectivity index (χ1) is 18.5. The second-order valence-electron chi connectivity index (χ2n) is 10.1. The molecule has 0 bridgehead atoms. The van der Waals surface area contributed by atoms with Gasteiger partial charge in [0.1, 0.15) is 5.75 Å². The van der Waals surface area contributed by atoms with E-state index in [1.807, 2.05) is 64.4 Å². The van der Waals surface area contributed by atoms with E-state index in [2.05, 4.69) is 35.1 Å². The van der Waals surface area contributed by atoms with Crippen molar-refractivity contribution in [3.63, 3.8) is 0 Å². The van der Waals surface area contributed by atoms with Gasteiger partial charge < -0.3 is 24.4 Å². The van der Waals surface area contributed by atoms with Gasteiger partial charge in [0.25, 0.3) is 5.91 Å². The van der Waals surface area contributed by atoms with E-state index in [1.54, 1.807) is 7.11 Å². The smallest absolute Gasteiger partial charge is 0.255 e. The van der Waals surface area contributed by atoms with E-state index in [-0.39, 0.29) is 17.9 Å². The van der Waals surface area contributed by atoms with Crippen molar-refractivity contribution in [2.75, 3.05) is 46.9 Å². The summed E-state index contributed by atoms with van der Waals surface area (Å²) in [6, 6.07) is 23.7. The maximum Gasteiger partial charge on any atom is 0.255 e. The lowest BCUT2D eigenvalue weighted by atomic mass is 9.93. The number of amides is 2. The number of hydrogen-bond donors (Lipinski definition) is 1. The highest BCUT2D eigenvalue weighted by Gasteiger charge is 2.40. The average Bonchev–Trinajstić information content (AvgIpc) is 3.47. The maximum absolute atomic E-state index is 13.8. The fraction of sp³-hybridized carbons (Fsp3) is 0.290. The summed E-state index contributed by atoms with van der Waals surface area (Å²) < 4.78 is 5.52. The number of nitrogens with one attached hydrogen (secondary N) is 1. The number of para-hydroxylation sites is 1. The minimum atomic E-state index is -0.309. The van der Waals surface area contributed by atoms with Gasteiger partial charge >= 0.3 is 0 Å². The number of likely N-dealkylation sites (N-methyl/N-ethyl adjacent to an activating group) is 1. The van der Waals surface area contributed by atoms with E-state index in [9.17, 15) is 9.59 Å². The lowest BCUT2D eigenvalue weighted by Crippen LogP contribution is -2.47. The Hall–Kier alpha value is -4.10. The van der Waals surface area contributed by atoms with Crippen LogP contribution in [0.4, 0.5) is 0 Å². The number of rotatable bonds is 6. The first-order valence-corrected chi connectivity index (χ1v) is 13.2. The third-order valence-electron chi connectivity index (χ3n) is 7.86. The van der Waals surface area contributed by atoms with E-state index in [0.717, 1.165) is 65.2 Å². The zero-order valence-electron chi connectivity index (χ0n) is 21.8. The molecule has 1 fully saturated rings. The Balaban J connectivity index is 1.42. The third-order valence-corrected chi connectivity index (χ3v) is 7.86. The van der Waals surface area contributed by atoms with E-state index in [0.29, 0.717) is 18.5 Å². The molecular weight excluding hydrogens is 476 g/mol. The molecule has 0 radical (unpaired) electrons. The summed E-state index contributed by atoms with van der Waals surface area (Å²) in [7, 11) is 3.74. The topological polar surface area (TPSA) is 68.9 Å². The van der Waals surface area contributed by atoms with Crippen LogP contribution in [0.3, 0.4) is 0 Å². The van der Waals surface area contributed by atoms with Gasteiger partial charge in [-0.1, -0.05) is 48.5 Å². The van der Waals surface area contributed by atoms with Gasteiger partial charge in [-0.05, 0) is 36.9 Å². The largest absolute Gasteiger partial charge is 0.497 e. The molecule has 1 aromatic heterocycles. The Morgan fingerprint density at radius 1 is 0.974 bits per heavy atom. The number of carbonyl (C=O) groups is 2. The fourth-order valence-electron chi connectivity index (χ4n) is 5.80. The summed E-state index contributed by atoms with van der Waals surface area (Å²) in [6.07, 6.45) is 0.302. The van der Waals surface area contributed by atoms with Gasteiger partial charge in [0.2, 0.25) is 5.91 Å². The van der Waals surface area contributed by atoms with Crippen LogP contribution < -0.4 is 4.74 Å². The lowest BCUT2D eigenvalue weighted by Gasteiger charge is -2.33. The Kier molecular flexibility index (Phi) is 6.37. The van der Waals surface area contributed by atoms with Crippen LogP contribution in [0.2, 0.25) is 0 Å². The lowest BCUT2D eigenvalue weighted by molar-refractivity contribution is -0.133. The number of hydrogen-bond acceptors (Lipinski definition) is 4. The molecule has 3 heterocycles. The summed E-state index contributed by atoms with van der Waals surface area (Å²) >= 11 is 0. The molecule has 0 saturated carbocycles. The number of carbonyl (C=O) groups excluding carboxylic acids is 2. The molecule has 194 valence electrons. The van der Waals surface area contributed by atoms with Gasteiger partial charge in [-0.15, -0.1) is 0 Å². The Morgan fingerprint density at radius 2 is 1.74 bits per heavy atom. The van der Waals surface area contributed by atoms with Crippen molar-refractivity contribution in [1.29, 1.82) is 0 Å². The summed E-state index contributed by atoms with van der Waals surface area (Å²) in [5.74, 6) is 0.843. The van der Waals surface area contributed by atoms with Crippen LogP contribution in [0.25, 0.3) is 22.2 Å². The van der Waals surface area contributed by atoms with E-state index in [4.69, 9.17) is 4.74 Å². The van der Waals surface area contributed by atoms with Crippen molar-refractivity contribution >= 4 is 22.7 Å². The van der Waals surface area contributed by atoms with Crippen LogP contribution in [-0.4, -0.2) is 78.4 Å². The number of methoxy groups -OCH3 is 1. The molecular formula is C31H32N4O3. The van der Waals surface area contributed by atoms with E-state index in [1.165, 1.54) is 0 Å². The van der Waals surface area contributed by atoms with Crippen LogP contribution in [-0.2, 0) is 4.79 Å². The van der Waals surface area contributed by atoms with Crippen molar-refractivity contribution in [1.82, 2.24) is 19.7 Å². The van der Waals surface area contributed by atoms with Crippen LogP contribution in [0.15, 0.2) is 72.8 Å². The average molecular weight is 509 g/mol. The van der Waals surface area contributed by atoms with Crippen molar-refractivity contribution < 1.29 is 14.3 Å². The third kappa shape index (κ3) is 4.23. The minimum absolute atomic E-state index is 0.0290. The number of aromatic nitrogens is 1. The van der Waals surface area contributed by atoms with Gasteiger partial charge in [-0.25, -0.2) is 0 Å². The Morgan fingerprint density at radius 3 is 2.55 bits per heavy atom. The molecule has 4 aromatic rings. The number of H-pyrrole nitrogens is 1. The molecule has 38 heavy (non-hydrogen) atoms. The summed E-state index contributed by atoms with van der Waals surface area (Å²) in [5.41, 5.74) is 5.66. The predicted octanol–water partition coefficient (Wildman–Crippen LogP) is 4.55. The van der Waals surface area contributed by atoms with E-state index < -0.39 is 0 Å². The Bertz CT molecular complexity index is 1500. The fourth-order valence-corrected chi connectivity index (χ4v) is 5.80. The molecule has 0 aliphatic carbocycles. The highest BCUT2D eigenvalue weighted by atomic mass is 16.5. The van der Waals surface area contributed by atoms with Crippen LogP contribution in [0, 0.1) is 0 Å². The van der Waals surface area contributed by atoms with Crippen LogP contribution >= 0.6 is 0 Å². The van der Waals surface area contributed by atoms with Gasteiger partial charge in [0.05, 0.1) is 18.8 Å².